The number of aldehydes is 1. The summed E-state index contributed by atoms with van der Waals surface area (Å²) in [7, 11) is 0. The predicted molar refractivity (Wildman–Crippen MR) is 60.1 cm³/mol. The molecule has 1 aromatic heterocycles. The Labute approximate surface area is 98.7 Å². The molecule has 1 rings (SSSR count). The third-order valence-electron chi connectivity index (χ3n) is 1.81. The number of hydrogen-bond donors (Lipinski definition) is 1. The molecule has 92 valence electrons. The van der Waals surface area contributed by atoms with Gasteiger partial charge in [-0.05, 0) is 6.92 Å². The molecule has 0 saturated heterocycles. The van der Waals surface area contributed by atoms with Crippen LogP contribution in [-0.4, -0.2) is 37.0 Å². The Bertz CT molecular complexity index is 406. The van der Waals surface area contributed by atoms with E-state index in [1.807, 2.05) is 0 Å². The molecule has 0 saturated carbocycles. The van der Waals surface area contributed by atoms with Crippen molar-refractivity contribution in [1.29, 1.82) is 0 Å². The van der Waals surface area contributed by atoms with E-state index in [0.717, 1.165) is 0 Å². The van der Waals surface area contributed by atoms with Gasteiger partial charge in [0.15, 0.2) is 12.0 Å². The van der Waals surface area contributed by atoms with E-state index in [0.29, 0.717) is 25.2 Å². The van der Waals surface area contributed by atoms with Gasteiger partial charge < -0.3 is 15.2 Å². The Balaban J connectivity index is 2.96. The smallest absolute Gasteiger partial charge is 0.357 e. The number of hydrogen-bond acceptors (Lipinski definition) is 6. The molecular formula is C11H14N2O4. The summed E-state index contributed by atoms with van der Waals surface area (Å²) >= 11 is 0. The van der Waals surface area contributed by atoms with Gasteiger partial charge in [-0.3, -0.25) is 4.79 Å². The van der Waals surface area contributed by atoms with Crippen molar-refractivity contribution in [1.82, 2.24) is 4.98 Å². The van der Waals surface area contributed by atoms with E-state index in [4.69, 9.17) is 15.2 Å². The first-order valence-corrected chi connectivity index (χ1v) is 5.18. The molecule has 0 fully saturated rings. The highest BCUT2D eigenvalue weighted by atomic mass is 16.5. The molecule has 0 aromatic carbocycles. The van der Waals surface area contributed by atoms with Crippen LogP contribution in [0.5, 0.6) is 5.75 Å². The topological polar surface area (TPSA) is 91.5 Å². The van der Waals surface area contributed by atoms with Crippen LogP contribution in [0.15, 0.2) is 12.1 Å². The molecule has 2 N–H and O–H groups in total. The molecule has 0 bridgehead atoms. The van der Waals surface area contributed by atoms with Crippen LogP contribution in [0.3, 0.4) is 0 Å². The van der Waals surface area contributed by atoms with Crippen molar-refractivity contribution < 1.29 is 19.1 Å². The van der Waals surface area contributed by atoms with Crippen LogP contribution in [0.2, 0.25) is 0 Å². The summed E-state index contributed by atoms with van der Waals surface area (Å²) in [6.07, 6.45) is 0.540. The maximum atomic E-state index is 11.5. The molecule has 6 nitrogen and oxygen atoms in total. The Morgan fingerprint density at radius 3 is 2.88 bits per heavy atom. The second kappa shape index (κ2) is 6.59. The molecule has 0 unspecified atom stereocenters. The zero-order valence-corrected chi connectivity index (χ0v) is 9.51. The summed E-state index contributed by atoms with van der Waals surface area (Å²) < 4.78 is 10.0. The van der Waals surface area contributed by atoms with Crippen LogP contribution in [0.4, 0.5) is 0 Å². The number of nitrogens with two attached hydrogens (primary N) is 1. The van der Waals surface area contributed by atoms with Crippen LogP contribution >= 0.6 is 0 Å². The fraction of sp³-hybridized carbons (Fsp3) is 0.364. The van der Waals surface area contributed by atoms with Gasteiger partial charge in [0.05, 0.1) is 6.61 Å². The summed E-state index contributed by atoms with van der Waals surface area (Å²) in [6.45, 7) is 2.57. The van der Waals surface area contributed by atoms with Gasteiger partial charge in [0.1, 0.15) is 18.1 Å². The van der Waals surface area contributed by atoms with Crippen LogP contribution in [0, 0.1) is 0 Å². The van der Waals surface area contributed by atoms with Crippen molar-refractivity contribution in [3.8, 4) is 5.75 Å². The lowest BCUT2D eigenvalue weighted by atomic mass is 10.3. The number of carbonyl (C=O) groups excluding carboxylic acids is 2. The van der Waals surface area contributed by atoms with Gasteiger partial charge >= 0.3 is 5.97 Å². The van der Waals surface area contributed by atoms with E-state index < -0.39 is 5.97 Å². The largest absolute Gasteiger partial charge is 0.492 e. The monoisotopic (exact) mass is 238 g/mol. The molecule has 0 radical (unpaired) electrons. The third kappa shape index (κ3) is 3.84. The number of esters is 1. The van der Waals surface area contributed by atoms with Crippen LogP contribution in [0.1, 0.15) is 27.9 Å². The molecule has 17 heavy (non-hydrogen) atoms. The Kier molecular flexibility index (Phi) is 5.09. The highest BCUT2D eigenvalue weighted by Gasteiger charge is 2.11. The molecule has 0 atom stereocenters. The first-order valence-electron chi connectivity index (χ1n) is 5.18. The first-order chi connectivity index (χ1) is 8.21. The molecule has 0 aliphatic heterocycles. The van der Waals surface area contributed by atoms with Crippen LogP contribution < -0.4 is 10.5 Å². The fourth-order valence-electron chi connectivity index (χ4n) is 1.16. The lowest BCUT2D eigenvalue weighted by Crippen LogP contribution is -2.13. The number of nitrogens with zero attached hydrogens (tertiary/aromatic N) is 1. The molecule has 0 spiro atoms. The highest BCUT2D eigenvalue weighted by Crippen LogP contribution is 2.14. The third-order valence-corrected chi connectivity index (χ3v) is 1.81. The Morgan fingerprint density at radius 1 is 1.53 bits per heavy atom. The summed E-state index contributed by atoms with van der Waals surface area (Å²) in [5.74, 6) is -0.218. The van der Waals surface area contributed by atoms with Crippen LogP contribution in [0.25, 0.3) is 0 Å². The van der Waals surface area contributed by atoms with Gasteiger partial charge in [-0.2, -0.15) is 0 Å². The van der Waals surface area contributed by atoms with Crippen molar-refractivity contribution in [2.45, 2.75) is 6.92 Å². The van der Waals surface area contributed by atoms with E-state index in [-0.39, 0.29) is 18.0 Å². The van der Waals surface area contributed by atoms with E-state index in [1.165, 1.54) is 12.1 Å². The van der Waals surface area contributed by atoms with Crippen molar-refractivity contribution >= 4 is 12.3 Å². The minimum Gasteiger partial charge on any atom is -0.492 e. The van der Waals surface area contributed by atoms with Gasteiger partial charge in [0, 0.05) is 18.7 Å². The second-order valence-corrected chi connectivity index (χ2v) is 3.09. The fourth-order valence-corrected chi connectivity index (χ4v) is 1.16. The van der Waals surface area contributed by atoms with Crippen molar-refractivity contribution in [3.05, 3.63) is 23.5 Å². The number of pyridine rings is 1. The van der Waals surface area contributed by atoms with Gasteiger partial charge in [-0.25, -0.2) is 9.78 Å². The summed E-state index contributed by atoms with van der Waals surface area (Å²) in [6, 6.07) is 2.85. The Morgan fingerprint density at radius 2 is 2.29 bits per heavy atom. The first kappa shape index (κ1) is 13.1. The van der Waals surface area contributed by atoms with Crippen LogP contribution in [-0.2, 0) is 4.74 Å². The standard InChI is InChI=1S/C11H14N2O4/c1-2-16-11(15)10-6-9(17-4-3-12)5-8(7-14)13-10/h5-7H,2-4,12H2,1H3. The predicted octanol–water partition coefficient (Wildman–Crippen LogP) is 0.408. The highest BCUT2D eigenvalue weighted by molar-refractivity contribution is 5.89. The summed E-state index contributed by atoms with van der Waals surface area (Å²) in [4.78, 5) is 26.0. The van der Waals surface area contributed by atoms with Gasteiger partial charge in [0.25, 0.3) is 0 Å². The number of carbonyl (C=O) groups is 2. The lowest BCUT2D eigenvalue weighted by Gasteiger charge is -2.07. The number of ether oxygens (including phenoxy) is 2. The minimum absolute atomic E-state index is 0.0449. The maximum absolute atomic E-state index is 11.5. The quantitative estimate of drug-likeness (QED) is 0.570. The van der Waals surface area contributed by atoms with Crippen molar-refractivity contribution in [3.63, 3.8) is 0 Å². The average molecular weight is 238 g/mol. The zero-order chi connectivity index (χ0) is 12.7. The molecule has 0 amide bonds. The summed E-state index contributed by atoms with van der Waals surface area (Å²) in [5.41, 5.74) is 5.45. The SMILES string of the molecule is CCOC(=O)c1cc(OCCN)cc(C=O)n1. The molecule has 1 aromatic rings. The number of rotatable bonds is 6. The normalized spacial score (nSPS) is 9.76. The molecule has 6 heteroatoms. The second-order valence-electron chi connectivity index (χ2n) is 3.09. The van der Waals surface area contributed by atoms with E-state index >= 15 is 0 Å². The van der Waals surface area contributed by atoms with Crippen molar-refractivity contribution in [2.75, 3.05) is 19.8 Å². The average Bonchev–Trinajstić information content (AvgIpc) is 2.36. The minimum atomic E-state index is -0.589. The molecule has 0 aliphatic rings. The van der Waals surface area contributed by atoms with E-state index in [9.17, 15) is 9.59 Å². The van der Waals surface area contributed by atoms with Gasteiger partial charge in [0.2, 0.25) is 0 Å². The van der Waals surface area contributed by atoms with E-state index in [1.54, 1.807) is 6.92 Å². The Hall–Kier alpha value is -1.95. The maximum Gasteiger partial charge on any atom is 0.357 e. The van der Waals surface area contributed by atoms with Gasteiger partial charge in [-0.15, -0.1) is 0 Å². The van der Waals surface area contributed by atoms with Crippen molar-refractivity contribution in [2.24, 2.45) is 5.73 Å². The summed E-state index contributed by atoms with van der Waals surface area (Å²) in [5, 5.41) is 0. The van der Waals surface area contributed by atoms with E-state index in [2.05, 4.69) is 4.98 Å². The van der Waals surface area contributed by atoms with Gasteiger partial charge in [-0.1, -0.05) is 0 Å². The number of aromatic nitrogens is 1. The molecule has 1 heterocycles. The zero-order valence-electron chi connectivity index (χ0n) is 9.51. The molecule has 0 aliphatic carbocycles. The lowest BCUT2D eigenvalue weighted by molar-refractivity contribution is 0.0519. The molecular weight excluding hydrogens is 224 g/mol.